The largest absolute Gasteiger partial charge is 0.494 e. The number of fused-ring (bicyclic) bond motifs is 2. The Hall–Kier alpha value is -4.73. The molecule has 0 aliphatic carbocycles. The quantitative estimate of drug-likeness (QED) is 0.317. The third-order valence-corrected chi connectivity index (χ3v) is 5.06. The predicted octanol–water partition coefficient (Wildman–Crippen LogP) is 3.25. The Balaban J connectivity index is 1.70. The Labute approximate surface area is 187 Å². The summed E-state index contributed by atoms with van der Waals surface area (Å²) in [6.45, 7) is 2.29. The Morgan fingerprint density at radius 1 is 1.15 bits per heavy atom. The molecule has 0 unspecified atom stereocenters. The van der Waals surface area contributed by atoms with E-state index in [0.717, 1.165) is 10.8 Å². The van der Waals surface area contributed by atoms with Gasteiger partial charge in [-0.25, -0.2) is 15.0 Å². The number of amides is 2. The van der Waals surface area contributed by atoms with Crippen molar-refractivity contribution in [2.24, 2.45) is 5.73 Å². The number of nitrogens with zero attached hydrogens (tertiary/aromatic N) is 3. The number of H-pyrrole nitrogens is 2. The molecule has 5 rings (SSSR count). The second-order valence-corrected chi connectivity index (χ2v) is 7.22. The molecule has 0 saturated heterocycles. The maximum absolute atomic E-state index is 13.0. The number of carbonyl (C=O) groups excluding carboxylic acids is 2. The van der Waals surface area contributed by atoms with E-state index in [1.165, 1.54) is 6.20 Å². The molecule has 10 heteroatoms. The van der Waals surface area contributed by atoms with E-state index < -0.39 is 11.8 Å². The molecule has 3 aromatic heterocycles. The number of primary amides is 1. The molecule has 0 atom stereocenters. The summed E-state index contributed by atoms with van der Waals surface area (Å²) in [5, 5.41) is 4.29. The van der Waals surface area contributed by atoms with Crippen molar-refractivity contribution >= 4 is 39.6 Å². The van der Waals surface area contributed by atoms with Gasteiger partial charge in [-0.05, 0) is 24.4 Å². The topological polar surface area (TPSA) is 152 Å². The van der Waals surface area contributed by atoms with Crippen LogP contribution in [-0.2, 0) is 0 Å². The minimum atomic E-state index is -0.643. The van der Waals surface area contributed by atoms with Crippen molar-refractivity contribution in [1.29, 1.82) is 0 Å². The third kappa shape index (κ3) is 3.74. The van der Waals surface area contributed by atoms with Crippen LogP contribution in [0.2, 0.25) is 0 Å². The maximum Gasteiger partial charge on any atom is 0.267 e. The van der Waals surface area contributed by atoms with Gasteiger partial charge < -0.3 is 20.4 Å². The fraction of sp³-hybridized carbons (Fsp3) is 0.0870. The summed E-state index contributed by atoms with van der Waals surface area (Å²) in [6, 6.07) is 12.5. The van der Waals surface area contributed by atoms with Crippen LogP contribution in [0.1, 0.15) is 27.8 Å². The van der Waals surface area contributed by atoms with Crippen molar-refractivity contribution in [1.82, 2.24) is 24.9 Å². The predicted molar refractivity (Wildman–Crippen MR) is 123 cm³/mol. The summed E-state index contributed by atoms with van der Waals surface area (Å²) in [5.41, 5.74) is 7.37. The van der Waals surface area contributed by atoms with E-state index in [9.17, 15) is 9.59 Å². The molecule has 164 valence electrons. The lowest BCUT2D eigenvalue weighted by atomic mass is 10.1. The monoisotopic (exact) mass is 441 g/mol. The highest BCUT2D eigenvalue weighted by Gasteiger charge is 2.20. The third-order valence-electron chi connectivity index (χ3n) is 5.06. The van der Waals surface area contributed by atoms with Gasteiger partial charge >= 0.3 is 0 Å². The van der Waals surface area contributed by atoms with E-state index in [4.69, 9.17) is 10.5 Å². The second-order valence-electron chi connectivity index (χ2n) is 7.22. The lowest BCUT2D eigenvalue weighted by molar-refractivity contribution is 0.0993. The standard InChI is InChI=1S/C23H19N7O3/c1-2-33-13-10-15(22(32)30-23-25-7-8-26-23)18-16(11-13)28-21(29-18)19-14-6-4-3-5-12(14)9-17(27-19)20(24)31/h3-11H,2H2,1H3,(H2,24,31)(H,28,29)(H2,25,26,30,32). The molecular weight excluding hydrogens is 422 g/mol. The van der Waals surface area contributed by atoms with Gasteiger partial charge in [-0.2, -0.15) is 0 Å². The van der Waals surface area contributed by atoms with Crippen LogP contribution in [0.15, 0.2) is 54.9 Å². The number of rotatable bonds is 6. The summed E-state index contributed by atoms with van der Waals surface area (Å²) < 4.78 is 5.65. The molecule has 5 N–H and O–H groups in total. The number of ether oxygens (including phenoxy) is 1. The molecule has 0 spiro atoms. The first kappa shape index (κ1) is 20.2. The van der Waals surface area contributed by atoms with Crippen molar-refractivity contribution in [3.8, 4) is 17.3 Å². The number of hydrogen-bond donors (Lipinski definition) is 4. The average Bonchev–Trinajstić information content (AvgIpc) is 3.47. The molecule has 2 amide bonds. The molecule has 0 aliphatic rings. The summed E-state index contributed by atoms with van der Waals surface area (Å²) in [5.74, 6) is 0.166. The van der Waals surface area contributed by atoms with Crippen LogP contribution in [0.5, 0.6) is 5.75 Å². The molecule has 3 heterocycles. The number of nitrogens with two attached hydrogens (primary N) is 1. The van der Waals surface area contributed by atoms with Gasteiger partial charge in [-0.1, -0.05) is 24.3 Å². The van der Waals surface area contributed by atoms with E-state index in [2.05, 4.69) is 30.2 Å². The number of imidazole rings is 2. The second kappa shape index (κ2) is 8.08. The van der Waals surface area contributed by atoms with Crippen LogP contribution in [-0.4, -0.2) is 43.3 Å². The minimum Gasteiger partial charge on any atom is -0.494 e. The molecule has 10 nitrogen and oxygen atoms in total. The van der Waals surface area contributed by atoms with Crippen molar-refractivity contribution in [2.45, 2.75) is 6.92 Å². The fourth-order valence-corrected chi connectivity index (χ4v) is 3.64. The molecule has 2 aromatic carbocycles. The SMILES string of the molecule is CCOc1cc(C(=O)Nc2ncc[nH]2)c2nc(-c3nc(C(N)=O)cc4ccccc34)[nH]c2c1. The highest BCUT2D eigenvalue weighted by molar-refractivity contribution is 6.12. The van der Waals surface area contributed by atoms with Gasteiger partial charge in [0.25, 0.3) is 11.8 Å². The Kier molecular flexibility index (Phi) is 4.94. The van der Waals surface area contributed by atoms with E-state index >= 15 is 0 Å². The molecule has 0 bridgehead atoms. The first-order chi connectivity index (χ1) is 16.0. The van der Waals surface area contributed by atoms with Gasteiger partial charge in [0.2, 0.25) is 5.95 Å². The first-order valence-corrected chi connectivity index (χ1v) is 10.2. The Morgan fingerprint density at radius 3 is 2.76 bits per heavy atom. The van der Waals surface area contributed by atoms with Crippen LogP contribution in [0.4, 0.5) is 5.95 Å². The summed E-state index contributed by atoms with van der Waals surface area (Å²) in [4.78, 5) is 44.1. The van der Waals surface area contributed by atoms with Gasteiger partial charge in [0, 0.05) is 23.8 Å². The number of hydrogen-bond acceptors (Lipinski definition) is 6. The van der Waals surface area contributed by atoms with E-state index in [-0.39, 0.29) is 5.69 Å². The molecule has 5 aromatic rings. The zero-order valence-electron chi connectivity index (χ0n) is 17.5. The van der Waals surface area contributed by atoms with E-state index in [1.54, 1.807) is 24.4 Å². The fourth-order valence-electron chi connectivity index (χ4n) is 3.64. The number of aromatic amines is 2. The first-order valence-electron chi connectivity index (χ1n) is 10.2. The van der Waals surface area contributed by atoms with Crippen molar-refractivity contribution < 1.29 is 14.3 Å². The van der Waals surface area contributed by atoms with Crippen LogP contribution in [0, 0.1) is 0 Å². The molecular formula is C23H19N7O3. The van der Waals surface area contributed by atoms with Gasteiger partial charge in [-0.3, -0.25) is 14.9 Å². The highest BCUT2D eigenvalue weighted by Crippen LogP contribution is 2.31. The zero-order valence-corrected chi connectivity index (χ0v) is 17.5. The number of nitrogens with one attached hydrogen (secondary N) is 3. The molecule has 33 heavy (non-hydrogen) atoms. The Morgan fingerprint density at radius 2 is 2.00 bits per heavy atom. The van der Waals surface area contributed by atoms with Gasteiger partial charge in [0.05, 0.1) is 17.7 Å². The highest BCUT2D eigenvalue weighted by atomic mass is 16.5. The smallest absolute Gasteiger partial charge is 0.267 e. The number of anilines is 1. The summed E-state index contributed by atoms with van der Waals surface area (Å²) in [6.07, 6.45) is 3.15. The number of pyridine rings is 1. The molecule has 0 fully saturated rings. The maximum atomic E-state index is 13.0. The van der Waals surface area contributed by atoms with Crippen LogP contribution in [0.3, 0.4) is 0 Å². The van der Waals surface area contributed by atoms with Gasteiger partial charge in [0.15, 0.2) is 5.82 Å². The van der Waals surface area contributed by atoms with Crippen LogP contribution < -0.4 is 15.8 Å². The number of benzene rings is 2. The Bertz CT molecular complexity index is 1510. The van der Waals surface area contributed by atoms with Gasteiger partial charge in [-0.15, -0.1) is 0 Å². The molecule has 0 saturated carbocycles. The van der Waals surface area contributed by atoms with Gasteiger partial charge in [0.1, 0.15) is 22.7 Å². The van der Waals surface area contributed by atoms with Crippen molar-refractivity contribution in [3.63, 3.8) is 0 Å². The molecule has 0 radical (unpaired) electrons. The normalized spacial score (nSPS) is 11.1. The zero-order chi connectivity index (χ0) is 22.9. The van der Waals surface area contributed by atoms with E-state index in [0.29, 0.717) is 46.4 Å². The van der Waals surface area contributed by atoms with Crippen LogP contribution in [0.25, 0.3) is 33.3 Å². The summed E-state index contributed by atoms with van der Waals surface area (Å²) in [7, 11) is 0. The van der Waals surface area contributed by atoms with E-state index in [1.807, 2.05) is 31.2 Å². The van der Waals surface area contributed by atoms with Crippen LogP contribution >= 0.6 is 0 Å². The summed E-state index contributed by atoms with van der Waals surface area (Å²) >= 11 is 0. The lowest BCUT2D eigenvalue weighted by Crippen LogP contribution is -2.14. The van der Waals surface area contributed by atoms with Crippen molar-refractivity contribution in [3.05, 3.63) is 66.1 Å². The average molecular weight is 441 g/mol. The number of aromatic nitrogens is 5. The number of carbonyl (C=O) groups is 2. The minimum absolute atomic E-state index is 0.120. The lowest BCUT2D eigenvalue weighted by Gasteiger charge is -2.07. The van der Waals surface area contributed by atoms with Crippen molar-refractivity contribution in [2.75, 3.05) is 11.9 Å². The molecule has 0 aliphatic heterocycles.